The van der Waals surface area contributed by atoms with Crippen molar-refractivity contribution in [2.75, 3.05) is 10.4 Å². The first-order chi connectivity index (χ1) is 14.7. The minimum Gasteiger partial charge on any atom is -0.444 e. The van der Waals surface area contributed by atoms with Gasteiger partial charge in [0.05, 0.1) is 17.1 Å². The van der Waals surface area contributed by atoms with Crippen LogP contribution < -0.4 is 10.4 Å². The zero-order valence-corrected chi connectivity index (χ0v) is 20.6. The van der Waals surface area contributed by atoms with Crippen LogP contribution in [0, 0.1) is 11.2 Å². The van der Waals surface area contributed by atoms with Crippen molar-refractivity contribution < 1.29 is 19.0 Å². The maximum atomic E-state index is 14.3. The first-order valence-corrected chi connectivity index (χ1v) is 13.9. The van der Waals surface area contributed by atoms with E-state index in [9.17, 15) is 14.3 Å². The van der Waals surface area contributed by atoms with Gasteiger partial charge in [0.15, 0.2) is 0 Å². The van der Waals surface area contributed by atoms with E-state index < -0.39 is 23.6 Å². The molecule has 1 heterocycles. The lowest BCUT2D eigenvalue weighted by molar-refractivity contribution is 0.0635. The number of aliphatic hydroxyl groups is 1. The van der Waals surface area contributed by atoms with Gasteiger partial charge in [0.2, 0.25) is 0 Å². The van der Waals surface area contributed by atoms with Crippen molar-refractivity contribution in [1.82, 2.24) is 4.98 Å². The average Bonchev–Trinajstić information content (AvgIpc) is 3.17. The van der Waals surface area contributed by atoms with Crippen LogP contribution in [0.2, 0.25) is 0 Å². The van der Waals surface area contributed by atoms with Crippen molar-refractivity contribution in [3.05, 3.63) is 52.1 Å². The van der Waals surface area contributed by atoms with Gasteiger partial charge in [0, 0.05) is 24.3 Å². The normalized spacial score (nSPS) is 14.4. The highest BCUT2D eigenvalue weighted by atomic mass is 127. The molecule has 2 aromatic rings. The first kappa shape index (κ1) is 23.8. The second kappa shape index (κ2) is 9.75. The maximum Gasteiger partial charge on any atom is 0.412 e. The maximum absolute atomic E-state index is 14.3. The van der Waals surface area contributed by atoms with Crippen molar-refractivity contribution >= 4 is 52.1 Å². The van der Waals surface area contributed by atoms with Gasteiger partial charge in [-0.15, -0.1) is 0 Å². The summed E-state index contributed by atoms with van der Waals surface area (Å²) >= 11 is 2.07. The monoisotopic (exact) mass is 558 g/mol. The topological polar surface area (TPSA) is 107 Å². The predicted molar refractivity (Wildman–Crippen MR) is 130 cm³/mol. The average molecular weight is 558 g/mol. The Hall–Kier alpha value is -1.84. The molecule has 0 spiro atoms. The van der Waals surface area contributed by atoms with Crippen molar-refractivity contribution in [2.45, 2.75) is 51.7 Å². The number of anilines is 2. The van der Waals surface area contributed by atoms with Crippen LogP contribution in [0.25, 0.3) is 0 Å². The summed E-state index contributed by atoms with van der Waals surface area (Å²) < 4.78 is 19.7. The number of benzene rings is 1. The summed E-state index contributed by atoms with van der Waals surface area (Å²) in [5.41, 5.74) is 2.63. The molecule has 3 rings (SSSR count). The fourth-order valence-corrected chi connectivity index (χ4v) is 4.80. The van der Waals surface area contributed by atoms with Crippen molar-refractivity contribution in [3.8, 4) is 0 Å². The number of fused-ring (bicyclic) bond motifs is 1. The van der Waals surface area contributed by atoms with E-state index in [-0.39, 0.29) is 23.3 Å². The molecule has 7 nitrogen and oxygen atoms in total. The zero-order chi connectivity index (χ0) is 22.8. The first-order valence-electron chi connectivity index (χ1n) is 9.79. The number of aliphatic hydroxyl groups excluding tert-OH is 1. The number of aryl methyl sites for hydroxylation is 1. The smallest absolute Gasteiger partial charge is 0.412 e. The van der Waals surface area contributed by atoms with Gasteiger partial charge in [-0.25, -0.2) is 9.18 Å². The third-order valence-corrected chi connectivity index (χ3v) is 6.06. The van der Waals surface area contributed by atoms with E-state index >= 15 is 0 Å². The molecule has 2 atom stereocenters. The van der Waals surface area contributed by atoms with Crippen LogP contribution in [0.1, 0.15) is 61.2 Å². The summed E-state index contributed by atoms with van der Waals surface area (Å²) in [4.78, 5) is 16.9. The lowest BCUT2D eigenvalue weighted by Crippen LogP contribution is -2.28. The van der Waals surface area contributed by atoms with Gasteiger partial charge in [-0.05, 0) is 84.8 Å². The summed E-state index contributed by atoms with van der Waals surface area (Å²) in [7, 11) is 0. The number of aromatic nitrogens is 1. The Morgan fingerprint density at radius 3 is 2.77 bits per heavy atom. The molecule has 1 aromatic carbocycles. The fourth-order valence-electron chi connectivity index (χ4n) is 3.64. The number of nitrogens with zero attached hydrogens (tertiary/aromatic N) is 1. The molecule has 10 heteroatoms. The molecule has 1 aliphatic rings. The van der Waals surface area contributed by atoms with E-state index in [1.54, 1.807) is 27.0 Å². The van der Waals surface area contributed by atoms with Crippen molar-refractivity contribution in [3.63, 3.8) is 0 Å². The molecule has 4 N–H and O–H groups in total. The molecule has 0 aliphatic heterocycles. The summed E-state index contributed by atoms with van der Waals surface area (Å²) in [5.74, 6) is -0.507. The molecule has 2 unspecified atom stereocenters. The SMILES string of the molecule is CC(C)(C)OC(=O)Nc1c(C(O)c2ccc(F)c(NPI)c2C=N)ncc2c1CCC2. The summed E-state index contributed by atoms with van der Waals surface area (Å²) in [5, 5.41) is 24.7. The van der Waals surface area contributed by atoms with Crippen LogP contribution in [0.15, 0.2) is 18.3 Å². The number of rotatable bonds is 6. The molecular weight excluding hydrogens is 533 g/mol. The third kappa shape index (κ3) is 5.32. The van der Waals surface area contributed by atoms with Gasteiger partial charge in [0.25, 0.3) is 0 Å². The number of ether oxygens (including phenoxy) is 1. The van der Waals surface area contributed by atoms with E-state index in [4.69, 9.17) is 10.1 Å². The molecule has 1 aromatic heterocycles. The summed E-state index contributed by atoms with van der Waals surface area (Å²) in [6, 6.07) is 2.69. The Kier molecular flexibility index (Phi) is 7.49. The van der Waals surface area contributed by atoms with Crippen LogP contribution in [0.3, 0.4) is 0 Å². The molecule has 0 bridgehead atoms. The standard InChI is InChI=1S/C21H25FIN4O3P/c1-21(2,3)30-20(29)26-17-12-6-4-5-11(12)10-25-18(17)19(28)13-7-8-15(22)16(27-31-23)14(13)9-24/h7-10,19,24,27-28,31H,4-6H2,1-3H3,(H,26,29). The van der Waals surface area contributed by atoms with E-state index in [0.717, 1.165) is 36.6 Å². The van der Waals surface area contributed by atoms with E-state index in [1.165, 1.54) is 12.1 Å². The second-order valence-electron chi connectivity index (χ2n) is 8.19. The lowest BCUT2D eigenvalue weighted by atomic mass is 9.96. The van der Waals surface area contributed by atoms with Crippen LogP contribution in [-0.2, 0) is 17.6 Å². The molecule has 0 saturated heterocycles. The Labute approximate surface area is 195 Å². The lowest BCUT2D eigenvalue weighted by Gasteiger charge is -2.23. The van der Waals surface area contributed by atoms with Gasteiger partial charge in [0.1, 0.15) is 17.5 Å². The summed E-state index contributed by atoms with van der Waals surface area (Å²) in [6.07, 6.45) is 3.50. The number of carbonyl (C=O) groups excluding carboxylic acids is 1. The van der Waals surface area contributed by atoms with Crippen molar-refractivity contribution in [1.29, 1.82) is 5.41 Å². The Balaban J connectivity index is 2.08. The number of hydrogen-bond acceptors (Lipinski definition) is 6. The molecule has 1 aliphatic carbocycles. The largest absolute Gasteiger partial charge is 0.444 e. The molecule has 0 saturated carbocycles. The highest BCUT2D eigenvalue weighted by molar-refractivity contribution is 14.2. The fraction of sp³-hybridized carbons (Fsp3) is 0.381. The molecule has 0 radical (unpaired) electrons. The predicted octanol–water partition coefficient (Wildman–Crippen LogP) is 5.49. The van der Waals surface area contributed by atoms with Gasteiger partial charge in [-0.1, -0.05) is 6.07 Å². The Bertz CT molecular complexity index is 1010. The Morgan fingerprint density at radius 1 is 1.39 bits per heavy atom. The van der Waals surface area contributed by atoms with Crippen molar-refractivity contribution in [2.24, 2.45) is 0 Å². The quantitative estimate of drug-likeness (QED) is 0.213. The van der Waals surface area contributed by atoms with Crippen LogP contribution >= 0.6 is 28.4 Å². The van der Waals surface area contributed by atoms with Gasteiger partial charge < -0.3 is 20.3 Å². The second-order valence-corrected chi connectivity index (χ2v) is 10.3. The van der Waals surface area contributed by atoms with Crippen LogP contribution in [0.5, 0.6) is 0 Å². The molecule has 166 valence electrons. The van der Waals surface area contributed by atoms with Gasteiger partial charge in [-0.3, -0.25) is 10.3 Å². The number of hydrogen-bond donors (Lipinski definition) is 4. The number of halogens is 2. The van der Waals surface area contributed by atoms with Gasteiger partial charge >= 0.3 is 6.09 Å². The van der Waals surface area contributed by atoms with Crippen LogP contribution in [0.4, 0.5) is 20.6 Å². The number of amides is 1. The van der Waals surface area contributed by atoms with E-state index in [2.05, 4.69) is 37.4 Å². The minimum atomic E-state index is -1.27. The van der Waals surface area contributed by atoms with Gasteiger partial charge in [-0.2, -0.15) is 0 Å². The zero-order valence-electron chi connectivity index (χ0n) is 17.5. The summed E-state index contributed by atoms with van der Waals surface area (Å²) in [6.45, 7) is 5.31. The molecule has 1 amide bonds. The van der Waals surface area contributed by atoms with Crippen LogP contribution in [-0.4, -0.2) is 28.0 Å². The number of pyridine rings is 1. The molecule has 31 heavy (non-hydrogen) atoms. The highest BCUT2D eigenvalue weighted by Gasteiger charge is 2.28. The number of carbonyl (C=O) groups is 1. The van der Waals surface area contributed by atoms with E-state index in [0.29, 0.717) is 11.3 Å². The molecular formula is C21H25FIN4O3P. The highest BCUT2D eigenvalue weighted by Crippen LogP contribution is 2.39. The number of nitrogens with one attached hydrogen (secondary N) is 3. The third-order valence-electron chi connectivity index (χ3n) is 4.90. The van der Waals surface area contributed by atoms with E-state index in [1.807, 2.05) is 0 Å². The Morgan fingerprint density at radius 2 is 2.13 bits per heavy atom. The molecule has 0 fully saturated rings. The minimum absolute atomic E-state index is 0.155.